The Balaban J connectivity index is 1.56. The SMILES string of the molecule is COc1ccc(CNC(=O)COc2ccc(N(Cc3ccc(C)cc3)S(C)(=O)=O)cc2)cc1. The van der Waals surface area contributed by atoms with E-state index in [0.717, 1.165) is 22.4 Å². The number of carbonyl (C=O) groups excluding carboxylic acids is 1. The highest BCUT2D eigenvalue weighted by atomic mass is 32.2. The van der Waals surface area contributed by atoms with Crippen molar-refractivity contribution in [3.8, 4) is 11.5 Å². The molecule has 174 valence electrons. The Morgan fingerprint density at radius 3 is 2.03 bits per heavy atom. The minimum absolute atomic E-state index is 0.144. The molecule has 1 N–H and O–H groups in total. The first-order valence-corrected chi connectivity index (χ1v) is 12.2. The van der Waals surface area contributed by atoms with Gasteiger partial charge in [-0.2, -0.15) is 0 Å². The molecule has 0 saturated carbocycles. The topological polar surface area (TPSA) is 84.9 Å². The highest BCUT2D eigenvalue weighted by molar-refractivity contribution is 7.92. The number of benzene rings is 3. The maximum atomic E-state index is 12.4. The van der Waals surface area contributed by atoms with Crippen LogP contribution in [0.2, 0.25) is 0 Å². The number of ether oxygens (including phenoxy) is 2. The highest BCUT2D eigenvalue weighted by Gasteiger charge is 2.18. The van der Waals surface area contributed by atoms with Crippen molar-refractivity contribution in [3.05, 3.63) is 89.5 Å². The molecule has 1 amide bonds. The van der Waals surface area contributed by atoms with Crippen LogP contribution >= 0.6 is 0 Å². The first-order valence-electron chi connectivity index (χ1n) is 10.4. The number of hydrogen-bond acceptors (Lipinski definition) is 5. The lowest BCUT2D eigenvalue weighted by atomic mass is 10.1. The first kappa shape index (κ1) is 24.1. The van der Waals surface area contributed by atoms with E-state index in [-0.39, 0.29) is 19.1 Å². The molecule has 3 rings (SSSR count). The van der Waals surface area contributed by atoms with Crippen molar-refractivity contribution in [1.29, 1.82) is 0 Å². The Hall–Kier alpha value is -3.52. The second kappa shape index (κ2) is 10.9. The molecule has 0 heterocycles. The molecule has 0 atom stereocenters. The second-order valence-corrected chi connectivity index (χ2v) is 9.57. The number of carbonyl (C=O) groups is 1. The lowest BCUT2D eigenvalue weighted by molar-refractivity contribution is -0.123. The molecule has 0 radical (unpaired) electrons. The summed E-state index contributed by atoms with van der Waals surface area (Å²) in [5.41, 5.74) is 3.47. The lowest BCUT2D eigenvalue weighted by Gasteiger charge is -2.23. The predicted octanol–water partition coefficient (Wildman–Crippen LogP) is 3.67. The molecule has 0 spiro atoms. The van der Waals surface area contributed by atoms with Crippen molar-refractivity contribution >= 4 is 21.6 Å². The molecule has 0 aromatic heterocycles. The fourth-order valence-corrected chi connectivity index (χ4v) is 4.00. The first-order chi connectivity index (χ1) is 15.7. The molecule has 7 nitrogen and oxygen atoms in total. The zero-order chi connectivity index (χ0) is 23.8. The van der Waals surface area contributed by atoms with E-state index >= 15 is 0 Å². The van der Waals surface area contributed by atoms with E-state index in [9.17, 15) is 13.2 Å². The Morgan fingerprint density at radius 1 is 0.879 bits per heavy atom. The van der Waals surface area contributed by atoms with Crippen molar-refractivity contribution in [2.75, 3.05) is 24.3 Å². The summed E-state index contributed by atoms with van der Waals surface area (Å²) in [4.78, 5) is 12.1. The zero-order valence-corrected chi connectivity index (χ0v) is 19.8. The fourth-order valence-electron chi connectivity index (χ4n) is 3.11. The van der Waals surface area contributed by atoms with Gasteiger partial charge < -0.3 is 14.8 Å². The van der Waals surface area contributed by atoms with Crippen LogP contribution in [0.1, 0.15) is 16.7 Å². The average molecular weight is 469 g/mol. The van der Waals surface area contributed by atoms with Gasteiger partial charge in [0.1, 0.15) is 11.5 Å². The summed E-state index contributed by atoms with van der Waals surface area (Å²) in [5.74, 6) is 0.972. The number of nitrogens with one attached hydrogen (secondary N) is 1. The molecule has 0 fully saturated rings. The van der Waals surface area contributed by atoms with Gasteiger partial charge in [0.05, 0.1) is 25.6 Å². The van der Waals surface area contributed by atoms with Crippen LogP contribution in [0, 0.1) is 6.92 Å². The van der Waals surface area contributed by atoms with Crippen LogP contribution < -0.4 is 19.1 Å². The van der Waals surface area contributed by atoms with E-state index in [1.807, 2.05) is 55.5 Å². The quantitative estimate of drug-likeness (QED) is 0.491. The van der Waals surface area contributed by atoms with Gasteiger partial charge in [0, 0.05) is 6.54 Å². The third-order valence-electron chi connectivity index (χ3n) is 4.99. The molecule has 3 aromatic carbocycles. The van der Waals surface area contributed by atoms with Crippen molar-refractivity contribution < 1.29 is 22.7 Å². The van der Waals surface area contributed by atoms with Gasteiger partial charge in [-0.3, -0.25) is 9.10 Å². The summed E-state index contributed by atoms with van der Waals surface area (Å²) >= 11 is 0. The van der Waals surface area contributed by atoms with Gasteiger partial charge >= 0.3 is 0 Å². The van der Waals surface area contributed by atoms with Gasteiger partial charge in [0.2, 0.25) is 10.0 Å². The molecule has 0 aliphatic heterocycles. The molecular weight excluding hydrogens is 440 g/mol. The van der Waals surface area contributed by atoms with E-state index in [4.69, 9.17) is 9.47 Å². The van der Waals surface area contributed by atoms with Crippen LogP contribution in [0.4, 0.5) is 5.69 Å². The standard InChI is InChI=1S/C25H28N2O5S/c1-19-4-6-21(7-5-19)17-27(33(3,29)30)22-10-14-24(15-11-22)32-18-25(28)26-16-20-8-12-23(31-2)13-9-20/h4-15H,16-18H2,1-3H3,(H,26,28). The molecule has 0 bridgehead atoms. The van der Waals surface area contributed by atoms with Gasteiger partial charge in [-0.05, 0) is 54.4 Å². The van der Waals surface area contributed by atoms with Gasteiger partial charge in [0.15, 0.2) is 6.61 Å². The van der Waals surface area contributed by atoms with E-state index in [0.29, 0.717) is 18.0 Å². The number of methoxy groups -OCH3 is 1. The molecule has 8 heteroatoms. The van der Waals surface area contributed by atoms with Crippen LogP contribution in [-0.2, 0) is 27.9 Å². The number of hydrogen-bond donors (Lipinski definition) is 1. The van der Waals surface area contributed by atoms with Crippen LogP contribution in [0.3, 0.4) is 0 Å². The van der Waals surface area contributed by atoms with Crippen LogP contribution in [0.5, 0.6) is 11.5 Å². The highest BCUT2D eigenvalue weighted by Crippen LogP contribution is 2.24. The van der Waals surface area contributed by atoms with Gasteiger partial charge in [0.25, 0.3) is 5.91 Å². The molecule has 0 saturated heterocycles. The van der Waals surface area contributed by atoms with Crippen molar-refractivity contribution in [1.82, 2.24) is 5.32 Å². The fraction of sp³-hybridized carbons (Fsp3) is 0.240. The maximum Gasteiger partial charge on any atom is 0.258 e. The molecule has 33 heavy (non-hydrogen) atoms. The normalized spacial score (nSPS) is 11.0. The summed E-state index contributed by atoms with van der Waals surface area (Å²) in [6.45, 7) is 2.45. The second-order valence-electron chi connectivity index (χ2n) is 7.66. The van der Waals surface area contributed by atoms with Crippen molar-refractivity contribution in [3.63, 3.8) is 0 Å². The van der Waals surface area contributed by atoms with Crippen LogP contribution in [-0.4, -0.2) is 34.3 Å². The average Bonchev–Trinajstić information content (AvgIpc) is 2.81. The number of aryl methyl sites for hydroxylation is 1. The third kappa shape index (κ3) is 7.25. The summed E-state index contributed by atoms with van der Waals surface area (Å²) in [7, 11) is -1.88. The van der Waals surface area contributed by atoms with E-state index < -0.39 is 10.0 Å². The molecule has 0 aliphatic rings. The largest absolute Gasteiger partial charge is 0.497 e. The minimum atomic E-state index is -3.48. The molecule has 0 aliphatic carbocycles. The summed E-state index contributed by atoms with van der Waals surface area (Å²) in [5, 5.41) is 2.80. The maximum absolute atomic E-state index is 12.4. The number of amides is 1. The third-order valence-corrected chi connectivity index (χ3v) is 6.13. The molecular formula is C25H28N2O5S. The monoisotopic (exact) mass is 468 g/mol. The number of rotatable bonds is 10. The Bertz CT molecular complexity index is 1160. The van der Waals surface area contributed by atoms with Crippen LogP contribution in [0.15, 0.2) is 72.8 Å². The van der Waals surface area contributed by atoms with Gasteiger partial charge in [-0.1, -0.05) is 42.0 Å². The Morgan fingerprint density at radius 2 is 1.45 bits per heavy atom. The number of anilines is 1. The summed E-state index contributed by atoms with van der Waals surface area (Å²) < 4.78 is 36.7. The smallest absolute Gasteiger partial charge is 0.258 e. The summed E-state index contributed by atoms with van der Waals surface area (Å²) in [6, 6.07) is 21.8. The van der Waals surface area contributed by atoms with Crippen molar-refractivity contribution in [2.45, 2.75) is 20.0 Å². The van der Waals surface area contributed by atoms with E-state index in [1.165, 1.54) is 10.6 Å². The van der Waals surface area contributed by atoms with E-state index in [1.54, 1.807) is 31.4 Å². The zero-order valence-electron chi connectivity index (χ0n) is 18.9. The predicted molar refractivity (Wildman–Crippen MR) is 129 cm³/mol. The van der Waals surface area contributed by atoms with Gasteiger partial charge in [-0.15, -0.1) is 0 Å². The van der Waals surface area contributed by atoms with Gasteiger partial charge in [-0.25, -0.2) is 8.42 Å². The Labute approximate surface area is 195 Å². The lowest BCUT2D eigenvalue weighted by Crippen LogP contribution is -2.29. The summed E-state index contributed by atoms with van der Waals surface area (Å²) in [6.07, 6.45) is 1.18. The number of nitrogens with zero attached hydrogens (tertiary/aromatic N) is 1. The molecule has 3 aromatic rings. The molecule has 0 unspecified atom stereocenters. The van der Waals surface area contributed by atoms with E-state index in [2.05, 4.69) is 5.32 Å². The number of sulfonamides is 1. The minimum Gasteiger partial charge on any atom is -0.497 e. The Kier molecular flexibility index (Phi) is 7.95. The van der Waals surface area contributed by atoms with Crippen molar-refractivity contribution in [2.24, 2.45) is 0 Å². The van der Waals surface area contributed by atoms with Crippen LogP contribution in [0.25, 0.3) is 0 Å².